The Bertz CT molecular complexity index is 525. The SMILES string of the molecule is CNc1cc(C(=O)Nc2cn[nH]c2)cc(Cl)n1. The summed E-state index contributed by atoms with van der Waals surface area (Å²) in [6.07, 6.45) is 3.10. The van der Waals surface area contributed by atoms with Crippen molar-refractivity contribution in [3.05, 3.63) is 35.2 Å². The number of hydrogen-bond acceptors (Lipinski definition) is 4. The van der Waals surface area contributed by atoms with Crippen LogP contribution in [0.5, 0.6) is 0 Å². The molecule has 0 saturated carbocycles. The summed E-state index contributed by atoms with van der Waals surface area (Å²) in [7, 11) is 1.70. The van der Waals surface area contributed by atoms with Gasteiger partial charge in [0.2, 0.25) is 0 Å². The van der Waals surface area contributed by atoms with Gasteiger partial charge in [-0.2, -0.15) is 5.10 Å². The molecule has 1 amide bonds. The Morgan fingerprint density at radius 3 is 2.94 bits per heavy atom. The second kappa shape index (κ2) is 4.84. The van der Waals surface area contributed by atoms with Gasteiger partial charge in [-0.1, -0.05) is 11.6 Å². The number of amides is 1. The van der Waals surface area contributed by atoms with Crippen LogP contribution in [0.15, 0.2) is 24.5 Å². The van der Waals surface area contributed by atoms with Crippen molar-refractivity contribution in [3.8, 4) is 0 Å². The maximum atomic E-state index is 11.9. The van der Waals surface area contributed by atoms with Crippen LogP contribution >= 0.6 is 11.6 Å². The summed E-state index contributed by atoms with van der Waals surface area (Å²) in [5.74, 6) is 0.266. The van der Waals surface area contributed by atoms with E-state index in [1.54, 1.807) is 19.3 Å². The molecule has 3 N–H and O–H groups in total. The lowest BCUT2D eigenvalue weighted by Gasteiger charge is -2.05. The van der Waals surface area contributed by atoms with Crippen LogP contribution in [-0.4, -0.2) is 28.1 Å². The second-order valence-electron chi connectivity index (χ2n) is 3.25. The molecule has 2 aromatic heterocycles. The molecule has 0 aliphatic heterocycles. The van der Waals surface area contributed by atoms with E-state index >= 15 is 0 Å². The molecule has 0 atom stereocenters. The molecule has 17 heavy (non-hydrogen) atoms. The van der Waals surface area contributed by atoms with Gasteiger partial charge in [0.05, 0.1) is 11.9 Å². The molecule has 2 rings (SSSR count). The largest absolute Gasteiger partial charge is 0.373 e. The summed E-state index contributed by atoms with van der Waals surface area (Å²) in [5.41, 5.74) is 1.02. The number of hydrogen-bond donors (Lipinski definition) is 3. The lowest BCUT2D eigenvalue weighted by atomic mass is 10.2. The maximum absolute atomic E-state index is 11.9. The van der Waals surface area contributed by atoms with Crippen LogP contribution in [0.4, 0.5) is 11.5 Å². The minimum atomic E-state index is -0.271. The highest BCUT2D eigenvalue weighted by atomic mass is 35.5. The lowest BCUT2D eigenvalue weighted by Crippen LogP contribution is -2.12. The van der Waals surface area contributed by atoms with Crippen LogP contribution in [-0.2, 0) is 0 Å². The number of aromatic nitrogens is 3. The zero-order chi connectivity index (χ0) is 12.3. The van der Waals surface area contributed by atoms with Crippen LogP contribution in [0.3, 0.4) is 0 Å². The number of pyridine rings is 1. The zero-order valence-electron chi connectivity index (χ0n) is 8.99. The minimum absolute atomic E-state index is 0.259. The molecule has 0 fully saturated rings. The number of rotatable bonds is 3. The van der Waals surface area contributed by atoms with Gasteiger partial charge in [-0.05, 0) is 12.1 Å². The third-order valence-corrected chi connectivity index (χ3v) is 2.26. The number of aromatic amines is 1. The topological polar surface area (TPSA) is 82.7 Å². The van der Waals surface area contributed by atoms with E-state index in [2.05, 4.69) is 25.8 Å². The van der Waals surface area contributed by atoms with Crippen molar-refractivity contribution in [2.45, 2.75) is 0 Å². The van der Waals surface area contributed by atoms with Crippen LogP contribution < -0.4 is 10.6 Å². The average Bonchev–Trinajstić information content (AvgIpc) is 2.81. The number of H-pyrrole nitrogens is 1. The summed E-state index contributed by atoms with van der Waals surface area (Å²) in [4.78, 5) is 15.9. The third kappa shape index (κ3) is 2.73. The zero-order valence-corrected chi connectivity index (χ0v) is 9.75. The predicted octanol–water partition coefficient (Wildman–Crippen LogP) is 1.75. The molecule has 6 nitrogen and oxygen atoms in total. The van der Waals surface area contributed by atoms with Gasteiger partial charge in [-0.15, -0.1) is 0 Å². The van der Waals surface area contributed by atoms with Crippen molar-refractivity contribution >= 4 is 29.0 Å². The van der Waals surface area contributed by atoms with Gasteiger partial charge in [-0.3, -0.25) is 9.89 Å². The molecule has 0 aliphatic carbocycles. The maximum Gasteiger partial charge on any atom is 0.255 e. The predicted molar refractivity (Wildman–Crippen MR) is 65.3 cm³/mol. The molecule has 0 unspecified atom stereocenters. The Morgan fingerprint density at radius 1 is 1.47 bits per heavy atom. The number of nitrogens with one attached hydrogen (secondary N) is 3. The Labute approximate surface area is 102 Å². The van der Waals surface area contributed by atoms with E-state index in [1.807, 2.05) is 0 Å². The minimum Gasteiger partial charge on any atom is -0.373 e. The van der Waals surface area contributed by atoms with E-state index in [9.17, 15) is 4.79 Å². The van der Waals surface area contributed by atoms with Crippen molar-refractivity contribution in [1.82, 2.24) is 15.2 Å². The molecule has 0 aliphatic rings. The molecule has 88 valence electrons. The van der Waals surface area contributed by atoms with E-state index in [-0.39, 0.29) is 11.1 Å². The molecule has 0 radical (unpaired) electrons. The average molecular weight is 252 g/mol. The van der Waals surface area contributed by atoms with E-state index < -0.39 is 0 Å². The number of carbonyl (C=O) groups is 1. The molecule has 2 heterocycles. The molecular formula is C10H10ClN5O. The summed E-state index contributed by atoms with van der Waals surface area (Å²) >= 11 is 5.81. The normalized spacial score (nSPS) is 10.0. The first-order valence-corrected chi connectivity index (χ1v) is 5.22. The molecule has 0 bridgehead atoms. The Hall–Kier alpha value is -2.08. The van der Waals surface area contributed by atoms with Gasteiger partial charge in [0.1, 0.15) is 11.0 Å². The molecular weight excluding hydrogens is 242 g/mol. The highest BCUT2D eigenvalue weighted by molar-refractivity contribution is 6.30. The first kappa shape index (κ1) is 11.4. The van der Waals surface area contributed by atoms with Gasteiger partial charge in [0, 0.05) is 18.8 Å². The fourth-order valence-electron chi connectivity index (χ4n) is 1.28. The first-order chi connectivity index (χ1) is 8.19. The lowest BCUT2D eigenvalue weighted by molar-refractivity contribution is 0.102. The highest BCUT2D eigenvalue weighted by Gasteiger charge is 2.09. The summed E-state index contributed by atoms with van der Waals surface area (Å²) < 4.78 is 0. The van der Waals surface area contributed by atoms with Gasteiger partial charge < -0.3 is 10.6 Å². The summed E-state index contributed by atoms with van der Waals surface area (Å²) in [5, 5.41) is 12.1. The van der Waals surface area contributed by atoms with Crippen molar-refractivity contribution in [2.24, 2.45) is 0 Å². The van der Waals surface area contributed by atoms with Crippen LogP contribution in [0.25, 0.3) is 0 Å². The van der Waals surface area contributed by atoms with Crippen molar-refractivity contribution in [3.63, 3.8) is 0 Å². The Morgan fingerprint density at radius 2 is 2.29 bits per heavy atom. The fraction of sp³-hybridized carbons (Fsp3) is 0.100. The first-order valence-electron chi connectivity index (χ1n) is 4.84. The van der Waals surface area contributed by atoms with Gasteiger partial charge in [0.15, 0.2) is 0 Å². The quantitative estimate of drug-likeness (QED) is 0.726. The third-order valence-electron chi connectivity index (χ3n) is 2.07. The van der Waals surface area contributed by atoms with Crippen molar-refractivity contribution in [1.29, 1.82) is 0 Å². The number of anilines is 2. The molecule has 0 aromatic carbocycles. The monoisotopic (exact) mass is 251 g/mol. The standard InChI is InChI=1S/C10H10ClN5O/c1-12-9-3-6(2-8(11)16-9)10(17)15-7-4-13-14-5-7/h2-5H,1H3,(H,12,16)(H,13,14)(H,15,17). The Balaban J connectivity index is 2.21. The van der Waals surface area contributed by atoms with E-state index in [0.717, 1.165) is 0 Å². The smallest absolute Gasteiger partial charge is 0.255 e. The van der Waals surface area contributed by atoms with E-state index in [1.165, 1.54) is 12.3 Å². The number of halogens is 1. The van der Waals surface area contributed by atoms with Crippen molar-refractivity contribution in [2.75, 3.05) is 17.7 Å². The number of nitrogens with zero attached hydrogens (tertiary/aromatic N) is 2. The summed E-state index contributed by atoms with van der Waals surface area (Å²) in [6.45, 7) is 0. The fourth-order valence-corrected chi connectivity index (χ4v) is 1.49. The molecule has 0 saturated heterocycles. The Kier molecular flexibility index (Phi) is 3.24. The van der Waals surface area contributed by atoms with Crippen LogP contribution in [0.1, 0.15) is 10.4 Å². The van der Waals surface area contributed by atoms with Gasteiger partial charge >= 0.3 is 0 Å². The summed E-state index contributed by atoms with van der Waals surface area (Å²) in [6, 6.07) is 3.11. The van der Waals surface area contributed by atoms with E-state index in [4.69, 9.17) is 11.6 Å². The molecule has 0 spiro atoms. The van der Waals surface area contributed by atoms with Crippen LogP contribution in [0, 0.1) is 0 Å². The van der Waals surface area contributed by atoms with Crippen LogP contribution in [0.2, 0.25) is 5.15 Å². The van der Waals surface area contributed by atoms with Crippen molar-refractivity contribution < 1.29 is 4.79 Å². The second-order valence-corrected chi connectivity index (χ2v) is 3.64. The molecule has 2 aromatic rings. The molecule has 7 heteroatoms. The van der Waals surface area contributed by atoms with E-state index in [0.29, 0.717) is 17.1 Å². The number of carbonyl (C=O) groups excluding carboxylic acids is 1. The van der Waals surface area contributed by atoms with Gasteiger partial charge in [-0.25, -0.2) is 4.98 Å². The highest BCUT2D eigenvalue weighted by Crippen LogP contribution is 2.15. The van der Waals surface area contributed by atoms with Gasteiger partial charge in [0.25, 0.3) is 5.91 Å².